The van der Waals surface area contributed by atoms with Gasteiger partial charge in [-0.3, -0.25) is 0 Å². The van der Waals surface area contributed by atoms with E-state index in [1.165, 1.54) is 12.1 Å². The molecule has 82 valence electrons. The summed E-state index contributed by atoms with van der Waals surface area (Å²) in [4.78, 5) is 1.85. The van der Waals surface area contributed by atoms with Gasteiger partial charge >= 0.3 is 0 Å². The number of aromatic hydroxyl groups is 1. The van der Waals surface area contributed by atoms with Crippen LogP contribution in [0.1, 0.15) is 0 Å². The maximum Gasteiger partial charge on any atom is 0.164 e. The van der Waals surface area contributed by atoms with E-state index in [0.29, 0.717) is 23.2 Å². The van der Waals surface area contributed by atoms with Crippen LogP contribution in [-0.2, 0) is 0 Å². The fourth-order valence-corrected chi connectivity index (χ4v) is 2.04. The highest BCUT2D eigenvalue weighted by Crippen LogP contribution is 2.34. The third-order valence-corrected chi connectivity index (χ3v) is 3.09. The number of piperazine rings is 1. The van der Waals surface area contributed by atoms with Gasteiger partial charge < -0.3 is 15.3 Å². The molecule has 0 aromatic heterocycles. The van der Waals surface area contributed by atoms with Crippen molar-refractivity contribution in [2.24, 2.45) is 0 Å². The third-order valence-electron chi connectivity index (χ3n) is 2.48. The van der Waals surface area contributed by atoms with Gasteiger partial charge in [-0.15, -0.1) is 0 Å². The molecule has 5 heteroatoms. The number of nitrogens with zero attached hydrogens (tertiary/aromatic N) is 1. The Labute approximate surface area is 96.0 Å². The standard InChI is InChI=1S/C10H12BrFN2O/c11-7-1-2-8(15)10(9(7)12)14-5-3-13-4-6-14/h1-2,13,15H,3-6H2. The molecule has 0 bridgehead atoms. The molecule has 0 amide bonds. The van der Waals surface area contributed by atoms with Crippen molar-refractivity contribution in [1.29, 1.82) is 0 Å². The zero-order valence-corrected chi connectivity index (χ0v) is 9.72. The minimum Gasteiger partial charge on any atom is -0.506 e. The van der Waals surface area contributed by atoms with E-state index in [4.69, 9.17) is 0 Å². The summed E-state index contributed by atoms with van der Waals surface area (Å²) >= 11 is 3.12. The number of nitrogens with one attached hydrogen (secondary N) is 1. The molecule has 0 radical (unpaired) electrons. The predicted molar refractivity (Wildman–Crippen MR) is 60.8 cm³/mol. The van der Waals surface area contributed by atoms with E-state index in [0.717, 1.165) is 13.1 Å². The molecular weight excluding hydrogens is 263 g/mol. The van der Waals surface area contributed by atoms with Gasteiger partial charge in [-0.2, -0.15) is 0 Å². The van der Waals surface area contributed by atoms with Crippen LogP contribution in [0.25, 0.3) is 0 Å². The first-order valence-corrected chi connectivity index (χ1v) is 5.62. The highest BCUT2D eigenvalue weighted by Gasteiger charge is 2.19. The molecule has 3 nitrogen and oxygen atoms in total. The summed E-state index contributed by atoms with van der Waals surface area (Å²) in [7, 11) is 0. The lowest BCUT2D eigenvalue weighted by Crippen LogP contribution is -2.43. The molecule has 2 N–H and O–H groups in total. The van der Waals surface area contributed by atoms with Crippen molar-refractivity contribution in [1.82, 2.24) is 5.32 Å². The van der Waals surface area contributed by atoms with Gasteiger partial charge in [0.2, 0.25) is 0 Å². The molecule has 1 aliphatic rings. The van der Waals surface area contributed by atoms with Gasteiger partial charge in [0.15, 0.2) is 5.82 Å². The van der Waals surface area contributed by atoms with Crippen LogP contribution in [0, 0.1) is 5.82 Å². The van der Waals surface area contributed by atoms with Crippen molar-refractivity contribution in [2.45, 2.75) is 0 Å². The number of rotatable bonds is 1. The van der Waals surface area contributed by atoms with E-state index in [9.17, 15) is 9.50 Å². The summed E-state index contributed by atoms with van der Waals surface area (Å²) in [6, 6.07) is 3.01. The number of benzene rings is 1. The molecule has 1 aromatic carbocycles. The first-order chi connectivity index (χ1) is 7.20. The van der Waals surface area contributed by atoms with Crippen LogP contribution in [0.2, 0.25) is 0 Å². The first-order valence-electron chi connectivity index (χ1n) is 4.83. The maximum absolute atomic E-state index is 13.8. The average Bonchev–Trinajstić information content (AvgIpc) is 2.26. The second kappa shape index (κ2) is 4.37. The van der Waals surface area contributed by atoms with Gasteiger partial charge in [-0.05, 0) is 28.1 Å². The molecule has 0 unspecified atom stereocenters. The molecular formula is C10H12BrFN2O. The number of anilines is 1. The van der Waals surface area contributed by atoms with Crippen molar-refractivity contribution in [3.8, 4) is 5.75 Å². The summed E-state index contributed by atoms with van der Waals surface area (Å²) in [5, 5.41) is 12.8. The predicted octanol–water partition coefficient (Wildman–Crippen LogP) is 1.70. The molecule has 1 fully saturated rings. The Morgan fingerprint density at radius 1 is 1.33 bits per heavy atom. The smallest absolute Gasteiger partial charge is 0.164 e. The summed E-state index contributed by atoms with van der Waals surface area (Å²) in [6.07, 6.45) is 0. The molecule has 0 saturated carbocycles. The summed E-state index contributed by atoms with van der Waals surface area (Å²) in [6.45, 7) is 3.04. The molecule has 0 spiro atoms. The SMILES string of the molecule is Oc1ccc(Br)c(F)c1N1CCNCC1. The topological polar surface area (TPSA) is 35.5 Å². The molecule has 1 aromatic rings. The molecule has 0 aliphatic carbocycles. The van der Waals surface area contributed by atoms with Gasteiger partial charge in [-0.25, -0.2) is 4.39 Å². The Morgan fingerprint density at radius 2 is 2.00 bits per heavy atom. The lowest BCUT2D eigenvalue weighted by molar-refractivity contribution is 0.462. The Balaban J connectivity index is 2.36. The monoisotopic (exact) mass is 274 g/mol. The largest absolute Gasteiger partial charge is 0.506 e. The number of phenols is 1. The highest BCUT2D eigenvalue weighted by atomic mass is 79.9. The quantitative estimate of drug-likeness (QED) is 0.819. The number of hydrogen-bond acceptors (Lipinski definition) is 3. The molecule has 1 heterocycles. The highest BCUT2D eigenvalue weighted by molar-refractivity contribution is 9.10. The van der Waals surface area contributed by atoms with E-state index in [2.05, 4.69) is 21.2 Å². The van der Waals surface area contributed by atoms with Crippen molar-refractivity contribution < 1.29 is 9.50 Å². The summed E-state index contributed by atoms with van der Waals surface area (Å²) in [5.74, 6) is -0.394. The van der Waals surface area contributed by atoms with Gasteiger partial charge in [0.25, 0.3) is 0 Å². The summed E-state index contributed by atoms with van der Waals surface area (Å²) in [5.41, 5.74) is 0.297. The second-order valence-electron chi connectivity index (χ2n) is 3.47. The molecule has 1 aliphatic heterocycles. The van der Waals surface area contributed by atoms with Gasteiger partial charge in [0.1, 0.15) is 11.4 Å². The third kappa shape index (κ3) is 2.08. The first kappa shape index (κ1) is 10.7. The van der Waals surface area contributed by atoms with Crippen LogP contribution in [0.4, 0.5) is 10.1 Å². The lowest BCUT2D eigenvalue weighted by Gasteiger charge is -2.30. The van der Waals surface area contributed by atoms with Crippen molar-refractivity contribution >= 4 is 21.6 Å². The number of halogens is 2. The second-order valence-corrected chi connectivity index (χ2v) is 4.32. The fourth-order valence-electron chi connectivity index (χ4n) is 1.72. The van der Waals surface area contributed by atoms with Crippen LogP contribution in [-0.4, -0.2) is 31.3 Å². The van der Waals surface area contributed by atoms with Gasteiger partial charge in [0, 0.05) is 26.2 Å². The van der Waals surface area contributed by atoms with Gasteiger partial charge in [-0.1, -0.05) is 0 Å². The van der Waals surface area contributed by atoms with Crippen LogP contribution >= 0.6 is 15.9 Å². The van der Waals surface area contributed by atoms with E-state index in [1.807, 2.05) is 4.90 Å². The fraction of sp³-hybridized carbons (Fsp3) is 0.400. The van der Waals surface area contributed by atoms with Crippen LogP contribution in [0.3, 0.4) is 0 Å². The molecule has 15 heavy (non-hydrogen) atoms. The van der Waals surface area contributed by atoms with Crippen molar-refractivity contribution in [3.05, 3.63) is 22.4 Å². The molecule has 0 atom stereocenters. The van der Waals surface area contributed by atoms with E-state index < -0.39 is 5.82 Å². The van der Waals surface area contributed by atoms with Crippen molar-refractivity contribution in [2.75, 3.05) is 31.1 Å². The zero-order chi connectivity index (χ0) is 10.8. The summed E-state index contributed by atoms with van der Waals surface area (Å²) < 4.78 is 14.2. The zero-order valence-electron chi connectivity index (χ0n) is 8.13. The Kier molecular flexibility index (Phi) is 3.11. The van der Waals surface area contributed by atoms with Crippen molar-refractivity contribution in [3.63, 3.8) is 0 Å². The molecule has 1 saturated heterocycles. The molecule has 2 rings (SSSR count). The Morgan fingerprint density at radius 3 is 2.67 bits per heavy atom. The van der Waals surface area contributed by atoms with E-state index in [1.54, 1.807) is 0 Å². The Hall–Kier alpha value is -0.810. The minimum absolute atomic E-state index is 0.00222. The maximum atomic E-state index is 13.8. The number of phenolic OH excluding ortho intramolecular Hbond substituents is 1. The van der Waals surface area contributed by atoms with E-state index >= 15 is 0 Å². The van der Waals surface area contributed by atoms with Crippen LogP contribution < -0.4 is 10.2 Å². The van der Waals surface area contributed by atoms with Crippen LogP contribution in [0.15, 0.2) is 16.6 Å². The van der Waals surface area contributed by atoms with Gasteiger partial charge in [0.05, 0.1) is 4.47 Å². The van der Waals surface area contributed by atoms with E-state index in [-0.39, 0.29) is 5.75 Å². The number of hydrogen-bond donors (Lipinski definition) is 2. The normalized spacial score (nSPS) is 16.8. The Bertz CT molecular complexity index is 367. The lowest BCUT2D eigenvalue weighted by atomic mass is 10.2. The average molecular weight is 275 g/mol. The van der Waals surface area contributed by atoms with Crippen LogP contribution in [0.5, 0.6) is 5.75 Å². The minimum atomic E-state index is -0.392.